The quantitative estimate of drug-likeness (QED) is 0.645. The highest BCUT2D eigenvalue weighted by atomic mass is 35.5. The molecule has 0 aromatic heterocycles. The maximum absolute atomic E-state index is 11.6. The number of nitrogens with one attached hydrogen (secondary N) is 1. The third kappa shape index (κ3) is 4.91. The molecule has 2 rings (SSSR count). The Morgan fingerprint density at radius 1 is 1.14 bits per heavy atom. The van der Waals surface area contributed by atoms with Crippen LogP contribution in [-0.2, 0) is 4.79 Å². The van der Waals surface area contributed by atoms with Gasteiger partial charge in [-0.15, -0.1) is 0 Å². The number of ether oxygens (including phenoxy) is 1. The molecule has 0 aliphatic heterocycles. The molecule has 0 aliphatic rings. The summed E-state index contributed by atoms with van der Waals surface area (Å²) < 4.78 is 5.28. The van der Waals surface area contributed by atoms with Crippen LogP contribution in [0.1, 0.15) is 5.56 Å². The monoisotopic (exact) mass is 356 g/mol. The van der Waals surface area contributed by atoms with Crippen molar-refractivity contribution in [1.82, 2.24) is 5.43 Å². The van der Waals surface area contributed by atoms with Crippen LogP contribution < -0.4 is 10.2 Å². The predicted molar refractivity (Wildman–Crippen MR) is 89.1 cm³/mol. The normalized spacial score (nSPS) is 10.7. The lowest BCUT2D eigenvalue weighted by molar-refractivity contribution is -0.123. The molecule has 1 N–H and O–H groups in total. The number of hydrogen-bond donors (Lipinski definition) is 1. The molecule has 1 amide bonds. The van der Waals surface area contributed by atoms with Crippen LogP contribution in [0.25, 0.3) is 0 Å². The first-order valence-electron chi connectivity index (χ1n) is 6.20. The average Bonchev–Trinajstić information content (AvgIpc) is 2.48. The molecule has 0 spiro atoms. The SMILES string of the molecule is O=C(COc1cccc(Cl)c1)NN=Cc1c(Cl)cccc1Cl. The van der Waals surface area contributed by atoms with Crippen molar-refractivity contribution in [2.75, 3.05) is 6.61 Å². The van der Waals surface area contributed by atoms with Gasteiger partial charge in [-0.2, -0.15) is 5.10 Å². The van der Waals surface area contributed by atoms with Gasteiger partial charge in [-0.1, -0.05) is 46.9 Å². The molecule has 114 valence electrons. The largest absolute Gasteiger partial charge is 0.484 e. The Morgan fingerprint density at radius 3 is 2.50 bits per heavy atom. The minimum Gasteiger partial charge on any atom is -0.484 e. The van der Waals surface area contributed by atoms with E-state index >= 15 is 0 Å². The average molecular weight is 358 g/mol. The van der Waals surface area contributed by atoms with Crippen LogP contribution >= 0.6 is 34.8 Å². The lowest BCUT2D eigenvalue weighted by Crippen LogP contribution is -2.24. The van der Waals surface area contributed by atoms with E-state index in [0.717, 1.165) is 0 Å². The molecule has 0 saturated carbocycles. The van der Waals surface area contributed by atoms with Crippen molar-refractivity contribution >= 4 is 46.9 Å². The maximum atomic E-state index is 11.6. The first kappa shape index (κ1) is 16.6. The summed E-state index contributed by atoms with van der Waals surface area (Å²) in [6, 6.07) is 11.8. The van der Waals surface area contributed by atoms with Crippen molar-refractivity contribution in [3.05, 3.63) is 63.1 Å². The molecule has 2 aromatic carbocycles. The Kier molecular flexibility index (Phi) is 6.07. The van der Waals surface area contributed by atoms with Crippen LogP contribution in [0.3, 0.4) is 0 Å². The van der Waals surface area contributed by atoms with Gasteiger partial charge in [-0.05, 0) is 30.3 Å². The smallest absolute Gasteiger partial charge is 0.277 e. The van der Waals surface area contributed by atoms with Gasteiger partial charge >= 0.3 is 0 Å². The molecule has 0 saturated heterocycles. The van der Waals surface area contributed by atoms with Crippen molar-refractivity contribution in [3.8, 4) is 5.75 Å². The number of carbonyl (C=O) groups excluding carboxylic acids is 1. The van der Waals surface area contributed by atoms with Crippen LogP contribution in [0.2, 0.25) is 15.1 Å². The molecule has 0 unspecified atom stereocenters. The van der Waals surface area contributed by atoms with Crippen LogP contribution in [0.5, 0.6) is 5.75 Å². The fourth-order valence-electron chi connectivity index (χ4n) is 1.54. The van der Waals surface area contributed by atoms with Crippen molar-refractivity contribution in [2.24, 2.45) is 5.10 Å². The molecule has 7 heteroatoms. The summed E-state index contributed by atoms with van der Waals surface area (Å²) in [5, 5.41) is 5.22. The molecule has 0 radical (unpaired) electrons. The van der Waals surface area contributed by atoms with E-state index in [0.29, 0.717) is 26.4 Å². The van der Waals surface area contributed by atoms with Gasteiger partial charge in [0, 0.05) is 10.6 Å². The van der Waals surface area contributed by atoms with Crippen molar-refractivity contribution in [3.63, 3.8) is 0 Å². The molecule has 0 atom stereocenters. The van der Waals surface area contributed by atoms with Gasteiger partial charge in [0.25, 0.3) is 5.91 Å². The summed E-state index contributed by atoms with van der Waals surface area (Å²) in [6.07, 6.45) is 1.38. The second-order valence-electron chi connectivity index (χ2n) is 4.17. The Balaban J connectivity index is 1.86. The van der Waals surface area contributed by atoms with Gasteiger partial charge in [0.15, 0.2) is 6.61 Å². The van der Waals surface area contributed by atoms with Gasteiger partial charge in [-0.25, -0.2) is 5.43 Å². The zero-order valence-electron chi connectivity index (χ0n) is 11.2. The number of carbonyl (C=O) groups is 1. The minimum absolute atomic E-state index is 0.187. The van der Waals surface area contributed by atoms with E-state index in [-0.39, 0.29) is 6.61 Å². The first-order chi connectivity index (χ1) is 10.6. The summed E-state index contributed by atoms with van der Waals surface area (Å²) in [7, 11) is 0. The summed E-state index contributed by atoms with van der Waals surface area (Å²) >= 11 is 17.8. The van der Waals surface area contributed by atoms with Gasteiger partial charge in [0.1, 0.15) is 5.75 Å². The van der Waals surface area contributed by atoms with E-state index < -0.39 is 5.91 Å². The lowest BCUT2D eigenvalue weighted by atomic mass is 10.2. The second kappa shape index (κ2) is 8.03. The van der Waals surface area contributed by atoms with E-state index in [1.807, 2.05) is 0 Å². The zero-order valence-corrected chi connectivity index (χ0v) is 13.5. The number of amides is 1. The molecular weight excluding hydrogens is 347 g/mol. The topological polar surface area (TPSA) is 50.7 Å². The van der Waals surface area contributed by atoms with Crippen LogP contribution in [0.15, 0.2) is 47.6 Å². The van der Waals surface area contributed by atoms with Crippen LogP contribution in [0, 0.1) is 0 Å². The number of hydrazone groups is 1. The van der Waals surface area contributed by atoms with Gasteiger partial charge in [0.2, 0.25) is 0 Å². The Hall–Kier alpha value is -1.75. The number of rotatable bonds is 5. The first-order valence-corrected chi connectivity index (χ1v) is 7.34. The lowest BCUT2D eigenvalue weighted by Gasteiger charge is -2.05. The van der Waals surface area contributed by atoms with Crippen LogP contribution in [0.4, 0.5) is 0 Å². The summed E-state index contributed by atoms with van der Waals surface area (Å²) in [5.41, 5.74) is 2.86. The molecular formula is C15H11Cl3N2O2. The van der Waals surface area contributed by atoms with Crippen molar-refractivity contribution in [2.45, 2.75) is 0 Å². The second-order valence-corrected chi connectivity index (χ2v) is 5.43. The number of benzene rings is 2. The standard InChI is InChI=1S/C15H11Cl3N2O2/c16-10-3-1-4-11(7-10)22-9-15(21)20-19-8-12-13(17)5-2-6-14(12)18/h1-8H,9H2,(H,20,21). The van der Waals surface area contributed by atoms with E-state index in [9.17, 15) is 4.79 Å². The fraction of sp³-hybridized carbons (Fsp3) is 0.0667. The molecule has 0 heterocycles. The van der Waals surface area contributed by atoms with Gasteiger partial charge in [0.05, 0.1) is 16.3 Å². The molecule has 0 bridgehead atoms. The third-order valence-electron chi connectivity index (χ3n) is 2.55. The summed E-state index contributed by atoms with van der Waals surface area (Å²) in [6.45, 7) is -0.187. The highest BCUT2D eigenvalue weighted by Crippen LogP contribution is 2.22. The number of hydrogen-bond acceptors (Lipinski definition) is 3. The van der Waals surface area contributed by atoms with Gasteiger partial charge < -0.3 is 4.74 Å². The Labute approximate surface area is 142 Å². The summed E-state index contributed by atoms with van der Waals surface area (Å²) in [4.78, 5) is 11.6. The summed E-state index contributed by atoms with van der Waals surface area (Å²) in [5.74, 6) is 0.0835. The predicted octanol–water partition coefficient (Wildman–Crippen LogP) is 4.18. The Bertz CT molecular complexity index is 685. The minimum atomic E-state index is -0.417. The number of nitrogens with zero attached hydrogens (tertiary/aromatic N) is 1. The highest BCUT2D eigenvalue weighted by Gasteiger charge is 2.04. The Morgan fingerprint density at radius 2 is 1.82 bits per heavy atom. The molecule has 0 aliphatic carbocycles. The van der Waals surface area contributed by atoms with E-state index in [2.05, 4.69) is 10.5 Å². The van der Waals surface area contributed by atoms with Gasteiger partial charge in [-0.3, -0.25) is 4.79 Å². The van der Waals surface area contributed by atoms with E-state index in [1.54, 1.807) is 42.5 Å². The number of halogens is 3. The van der Waals surface area contributed by atoms with Crippen molar-refractivity contribution < 1.29 is 9.53 Å². The molecule has 2 aromatic rings. The maximum Gasteiger partial charge on any atom is 0.277 e. The molecule has 4 nitrogen and oxygen atoms in total. The van der Waals surface area contributed by atoms with Crippen molar-refractivity contribution in [1.29, 1.82) is 0 Å². The fourth-order valence-corrected chi connectivity index (χ4v) is 2.22. The molecule has 22 heavy (non-hydrogen) atoms. The zero-order chi connectivity index (χ0) is 15.9. The van der Waals surface area contributed by atoms with Crippen LogP contribution in [-0.4, -0.2) is 18.7 Å². The van der Waals surface area contributed by atoms with E-state index in [4.69, 9.17) is 39.5 Å². The van der Waals surface area contributed by atoms with E-state index in [1.165, 1.54) is 6.21 Å². The highest BCUT2D eigenvalue weighted by molar-refractivity contribution is 6.38. The molecule has 0 fully saturated rings. The third-order valence-corrected chi connectivity index (χ3v) is 3.44.